The van der Waals surface area contributed by atoms with Gasteiger partial charge < -0.3 is 19.6 Å². The molecule has 1 N–H and O–H groups in total. The van der Waals surface area contributed by atoms with Crippen LogP contribution in [-0.2, 0) is 9.53 Å². The standard InChI is InChI=1S/C19H29N3O3/c1-21(2)17-8-6-7-15(20-17)16-14-22(11-12-25-16)18(23)13-19(24)9-4-3-5-10-19/h6-8,16,24H,3-5,9-14H2,1-2H3/t16-/m1/s1. The number of hydrogen-bond acceptors (Lipinski definition) is 5. The number of rotatable bonds is 4. The van der Waals surface area contributed by atoms with E-state index in [1.165, 1.54) is 0 Å². The lowest BCUT2D eigenvalue weighted by Crippen LogP contribution is -2.46. The Morgan fingerprint density at radius 1 is 1.36 bits per heavy atom. The smallest absolute Gasteiger partial charge is 0.225 e. The molecule has 0 radical (unpaired) electrons. The van der Waals surface area contributed by atoms with Crippen molar-refractivity contribution in [3.63, 3.8) is 0 Å². The molecule has 2 aliphatic rings. The minimum Gasteiger partial charge on any atom is -0.389 e. The van der Waals surface area contributed by atoms with E-state index in [9.17, 15) is 9.90 Å². The van der Waals surface area contributed by atoms with Crippen LogP contribution in [0, 0.1) is 0 Å². The van der Waals surface area contributed by atoms with Gasteiger partial charge in [0.05, 0.1) is 30.9 Å². The second-order valence-electron chi connectivity index (χ2n) is 7.48. The van der Waals surface area contributed by atoms with E-state index in [1.54, 1.807) is 0 Å². The lowest BCUT2D eigenvalue weighted by atomic mass is 9.82. The molecule has 138 valence electrons. The van der Waals surface area contributed by atoms with Gasteiger partial charge in [-0.2, -0.15) is 0 Å². The van der Waals surface area contributed by atoms with Crippen LogP contribution < -0.4 is 4.90 Å². The highest BCUT2D eigenvalue weighted by Crippen LogP contribution is 2.32. The SMILES string of the molecule is CN(C)c1cccc([C@H]2CN(C(=O)CC3(O)CCCCC3)CCO2)n1. The molecule has 3 rings (SSSR count). The van der Waals surface area contributed by atoms with Crippen LogP contribution in [0.5, 0.6) is 0 Å². The number of morpholine rings is 1. The molecule has 0 bridgehead atoms. The maximum atomic E-state index is 12.7. The van der Waals surface area contributed by atoms with Crippen LogP contribution in [0.15, 0.2) is 18.2 Å². The summed E-state index contributed by atoms with van der Waals surface area (Å²) in [6.45, 7) is 1.58. The highest BCUT2D eigenvalue weighted by atomic mass is 16.5. The number of nitrogens with zero attached hydrogens (tertiary/aromatic N) is 3. The Labute approximate surface area is 149 Å². The number of anilines is 1. The first-order chi connectivity index (χ1) is 12.0. The Morgan fingerprint density at radius 2 is 2.12 bits per heavy atom. The molecular weight excluding hydrogens is 318 g/mol. The number of aliphatic hydroxyl groups is 1. The molecule has 25 heavy (non-hydrogen) atoms. The Balaban J connectivity index is 1.64. The summed E-state index contributed by atoms with van der Waals surface area (Å²) >= 11 is 0. The van der Waals surface area contributed by atoms with Gasteiger partial charge in [0.25, 0.3) is 0 Å². The molecule has 0 spiro atoms. The molecule has 1 atom stereocenters. The van der Waals surface area contributed by atoms with Crippen molar-refractivity contribution < 1.29 is 14.6 Å². The summed E-state index contributed by atoms with van der Waals surface area (Å²) in [7, 11) is 3.91. The maximum absolute atomic E-state index is 12.7. The van der Waals surface area contributed by atoms with Crippen molar-refractivity contribution in [2.24, 2.45) is 0 Å². The van der Waals surface area contributed by atoms with Gasteiger partial charge in [-0.3, -0.25) is 4.79 Å². The van der Waals surface area contributed by atoms with E-state index in [0.717, 1.165) is 43.6 Å². The molecule has 1 aliphatic heterocycles. The predicted molar refractivity (Wildman–Crippen MR) is 96.5 cm³/mol. The van der Waals surface area contributed by atoms with Crippen molar-refractivity contribution in [2.45, 2.75) is 50.2 Å². The van der Waals surface area contributed by atoms with E-state index < -0.39 is 5.60 Å². The van der Waals surface area contributed by atoms with Crippen LogP contribution in [0.1, 0.15) is 50.3 Å². The molecule has 1 aromatic rings. The van der Waals surface area contributed by atoms with Crippen LogP contribution in [0.3, 0.4) is 0 Å². The highest BCUT2D eigenvalue weighted by molar-refractivity contribution is 5.77. The van der Waals surface area contributed by atoms with Gasteiger partial charge in [-0.1, -0.05) is 25.3 Å². The van der Waals surface area contributed by atoms with Crippen molar-refractivity contribution in [3.05, 3.63) is 23.9 Å². The topological polar surface area (TPSA) is 65.9 Å². The lowest BCUT2D eigenvalue weighted by molar-refractivity contribution is -0.145. The quantitative estimate of drug-likeness (QED) is 0.904. The number of ether oxygens (including phenoxy) is 1. The van der Waals surface area contributed by atoms with Crippen molar-refractivity contribution in [2.75, 3.05) is 38.7 Å². The molecule has 0 unspecified atom stereocenters. The zero-order chi connectivity index (χ0) is 17.9. The number of aromatic nitrogens is 1. The largest absolute Gasteiger partial charge is 0.389 e. The Hall–Kier alpha value is -1.66. The number of pyridine rings is 1. The fourth-order valence-electron chi connectivity index (χ4n) is 3.70. The average Bonchev–Trinajstić information content (AvgIpc) is 2.62. The zero-order valence-corrected chi connectivity index (χ0v) is 15.3. The van der Waals surface area contributed by atoms with Crippen LogP contribution in [0.2, 0.25) is 0 Å². The van der Waals surface area contributed by atoms with Crippen molar-refractivity contribution in [1.82, 2.24) is 9.88 Å². The van der Waals surface area contributed by atoms with Gasteiger partial charge in [0.15, 0.2) is 0 Å². The zero-order valence-electron chi connectivity index (χ0n) is 15.3. The van der Waals surface area contributed by atoms with Gasteiger partial charge >= 0.3 is 0 Å². The molecule has 1 aromatic heterocycles. The molecule has 1 saturated heterocycles. The second kappa shape index (κ2) is 7.70. The van der Waals surface area contributed by atoms with Gasteiger partial charge in [0, 0.05) is 20.6 Å². The van der Waals surface area contributed by atoms with E-state index in [2.05, 4.69) is 4.98 Å². The molecule has 6 nitrogen and oxygen atoms in total. The van der Waals surface area contributed by atoms with Gasteiger partial charge in [-0.25, -0.2) is 4.98 Å². The van der Waals surface area contributed by atoms with Crippen LogP contribution >= 0.6 is 0 Å². The molecule has 1 saturated carbocycles. The van der Waals surface area contributed by atoms with Crippen molar-refractivity contribution in [3.8, 4) is 0 Å². The van der Waals surface area contributed by atoms with Gasteiger partial charge in [-0.15, -0.1) is 0 Å². The van der Waals surface area contributed by atoms with Crippen molar-refractivity contribution in [1.29, 1.82) is 0 Å². The first kappa shape index (κ1) is 18.1. The van der Waals surface area contributed by atoms with E-state index in [4.69, 9.17) is 4.74 Å². The molecular formula is C19H29N3O3. The van der Waals surface area contributed by atoms with E-state index >= 15 is 0 Å². The summed E-state index contributed by atoms with van der Waals surface area (Å²) < 4.78 is 5.86. The van der Waals surface area contributed by atoms with E-state index in [1.807, 2.05) is 42.1 Å². The summed E-state index contributed by atoms with van der Waals surface area (Å²) in [6, 6.07) is 5.86. The van der Waals surface area contributed by atoms with E-state index in [0.29, 0.717) is 19.7 Å². The Morgan fingerprint density at radius 3 is 2.84 bits per heavy atom. The minimum absolute atomic E-state index is 0.0291. The van der Waals surface area contributed by atoms with Crippen LogP contribution in [0.25, 0.3) is 0 Å². The monoisotopic (exact) mass is 347 g/mol. The van der Waals surface area contributed by atoms with Crippen molar-refractivity contribution >= 4 is 11.7 Å². The summed E-state index contributed by atoms with van der Waals surface area (Å²) in [6.07, 6.45) is 4.67. The third-order valence-corrected chi connectivity index (χ3v) is 5.23. The summed E-state index contributed by atoms with van der Waals surface area (Å²) in [5.74, 6) is 0.905. The molecule has 0 aromatic carbocycles. The number of carbonyl (C=O) groups excluding carboxylic acids is 1. The summed E-state index contributed by atoms with van der Waals surface area (Å²) in [4.78, 5) is 21.1. The number of amides is 1. The first-order valence-corrected chi connectivity index (χ1v) is 9.23. The first-order valence-electron chi connectivity index (χ1n) is 9.23. The van der Waals surface area contributed by atoms with Gasteiger partial charge in [0.1, 0.15) is 11.9 Å². The third kappa shape index (κ3) is 4.50. The van der Waals surface area contributed by atoms with Crippen LogP contribution in [-0.4, -0.2) is 60.3 Å². The fourth-order valence-corrected chi connectivity index (χ4v) is 3.70. The molecule has 6 heteroatoms. The Kier molecular flexibility index (Phi) is 5.59. The number of carbonyl (C=O) groups is 1. The Bertz CT molecular complexity index is 599. The van der Waals surface area contributed by atoms with E-state index in [-0.39, 0.29) is 18.4 Å². The summed E-state index contributed by atoms with van der Waals surface area (Å²) in [5, 5.41) is 10.7. The lowest BCUT2D eigenvalue weighted by Gasteiger charge is -2.37. The molecule has 2 fully saturated rings. The normalized spacial score (nSPS) is 23.3. The summed E-state index contributed by atoms with van der Waals surface area (Å²) in [5.41, 5.74) is 0.0340. The third-order valence-electron chi connectivity index (χ3n) is 5.23. The molecule has 1 aliphatic carbocycles. The fraction of sp³-hybridized carbons (Fsp3) is 0.684. The highest BCUT2D eigenvalue weighted by Gasteiger charge is 2.35. The minimum atomic E-state index is -0.813. The van der Waals surface area contributed by atoms with Gasteiger partial charge in [-0.05, 0) is 25.0 Å². The average molecular weight is 347 g/mol. The molecule has 2 heterocycles. The predicted octanol–water partition coefficient (Wildman–Crippen LogP) is 2.13. The number of hydrogen-bond donors (Lipinski definition) is 1. The maximum Gasteiger partial charge on any atom is 0.225 e. The van der Waals surface area contributed by atoms with Crippen LogP contribution in [0.4, 0.5) is 5.82 Å². The molecule has 1 amide bonds. The van der Waals surface area contributed by atoms with Gasteiger partial charge in [0.2, 0.25) is 5.91 Å². The second-order valence-corrected chi connectivity index (χ2v) is 7.48.